The monoisotopic (exact) mass is 323 g/mol. The molecule has 0 heterocycles. The predicted octanol–water partition coefficient (Wildman–Crippen LogP) is 0.0935. The van der Waals surface area contributed by atoms with E-state index in [1.54, 1.807) is 12.1 Å². The van der Waals surface area contributed by atoms with Gasteiger partial charge in [-0.1, -0.05) is 18.2 Å². The number of hydrogen-bond donors (Lipinski definition) is 0. The highest BCUT2D eigenvalue weighted by Gasteiger charge is 2.05. The first-order chi connectivity index (χ1) is 7.84. The number of halogens is 2. The summed E-state index contributed by atoms with van der Waals surface area (Å²) in [6.45, 7) is 0. The Balaban J connectivity index is 2.03. The Morgan fingerprint density at radius 1 is 0.875 bits per heavy atom. The van der Waals surface area contributed by atoms with Gasteiger partial charge < -0.3 is 0 Å². The minimum atomic E-state index is -0.262. The normalized spacial score (nSPS) is 9.31. The van der Waals surface area contributed by atoms with Gasteiger partial charge in [0.1, 0.15) is 5.82 Å². The van der Waals surface area contributed by atoms with E-state index in [1.165, 1.54) is 15.7 Å². The van der Waals surface area contributed by atoms with Crippen molar-refractivity contribution in [2.24, 2.45) is 0 Å². The van der Waals surface area contributed by atoms with Crippen molar-refractivity contribution in [2.75, 3.05) is 0 Å². The smallest absolute Gasteiger partial charge is 0.207 e. The van der Waals surface area contributed by atoms with Crippen molar-refractivity contribution in [3.8, 4) is 9.85 Å². The van der Waals surface area contributed by atoms with Gasteiger partial charge in [0.25, 0.3) is 0 Å². The van der Waals surface area contributed by atoms with E-state index in [1.807, 2.05) is 18.2 Å². The summed E-state index contributed by atoms with van der Waals surface area (Å²) in [5, 5.41) is 0. The molecule has 0 spiro atoms. The van der Waals surface area contributed by atoms with Gasteiger partial charge in [-0.05, 0) is 42.3 Å². The zero-order valence-corrected chi connectivity index (χ0v) is 10.6. The first kappa shape index (κ1) is 11.2. The van der Waals surface area contributed by atoms with Gasteiger partial charge in [-0.15, -0.1) is 0 Å². The molecule has 0 fully saturated rings. The van der Waals surface area contributed by atoms with E-state index in [0.717, 1.165) is 5.56 Å². The first-order valence-electron chi connectivity index (χ1n) is 4.80. The highest BCUT2D eigenvalue weighted by atomic mass is 127. The summed E-state index contributed by atoms with van der Waals surface area (Å²) in [7, 11) is 0. The van der Waals surface area contributed by atoms with Gasteiger partial charge in [0, 0.05) is 5.56 Å². The second-order valence-electron chi connectivity index (χ2n) is 3.12. The van der Waals surface area contributed by atoms with Crippen molar-refractivity contribution >= 4 is 0 Å². The molecule has 0 unspecified atom stereocenters. The lowest BCUT2D eigenvalue weighted by atomic mass is 10.2. The van der Waals surface area contributed by atoms with E-state index >= 15 is 0 Å². The Kier molecular flexibility index (Phi) is 3.95. The molecule has 2 aromatic carbocycles. The van der Waals surface area contributed by atoms with Crippen molar-refractivity contribution in [1.82, 2.24) is 0 Å². The van der Waals surface area contributed by atoms with Crippen LogP contribution in [-0.4, -0.2) is 0 Å². The highest BCUT2D eigenvalue weighted by Crippen LogP contribution is 1.99. The summed E-state index contributed by atoms with van der Waals surface area (Å²) >= 11 is -0.262. The van der Waals surface area contributed by atoms with Crippen LogP contribution in [0.1, 0.15) is 5.56 Å². The van der Waals surface area contributed by atoms with E-state index in [9.17, 15) is 4.39 Å². The molecule has 0 aromatic heterocycles. The van der Waals surface area contributed by atoms with E-state index < -0.39 is 0 Å². The summed E-state index contributed by atoms with van der Waals surface area (Å²) < 4.78 is 17.1. The van der Waals surface area contributed by atoms with Gasteiger partial charge in [0.05, 0.1) is 0 Å². The van der Waals surface area contributed by atoms with Crippen LogP contribution in [0.2, 0.25) is 0 Å². The second-order valence-corrected chi connectivity index (χ2v) is 5.44. The summed E-state index contributed by atoms with van der Waals surface area (Å²) in [6, 6.07) is 16.5. The van der Waals surface area contributed by atoms with Gasteiger partial charge in [-0.2, -0.15) is 0 Å². The Hall–Kier alpha value is -1.34. The average molecular weight is 323 g/mol. The van der Waals surface area contributed by atoms with Crippen molar-refractivity contribution in [2.45, 2.75) is 0 Å². The quantitative estimate of drug-likeness (QED) is 0.516. The van der Waals surface area contributed by atoms with Crippen LogP contribution in [0.15, 0.2) is 54.6 Å². The molecule has 2 heteroatoms. The van der Waals surface area contributed by atoms with Crippen molar-refractivity contribution in [3.63, 3.8) is 0 Å². The molecular weight excluding hydrogens is 314 g/mol. The molecule has 16 heavy (non-hydrogen) atoms. The molecule has 0 N–H and O–H groups in total. The van der Waals surface area contributed by atoms with Gasteiger partial charge in [-0.3, -0.25) is 0 Å². The molecule has 0 aliphatic carbocycles. The molecule has 0 radical (unpaired) electrons. The van der Waals surface area contributed by atoms with Crippen LogP contribution in [0.25, 0.3) is 0 Å². The van der Waals surface area contributed by atoms with E-state index in [0.29, 0.717) is 0 Å². The highest BCUT2D eigenvalue weighted by molar-refractivity contribution is 5.32. The predicted molar refractivity (Wildman–Crippen MR) is 58.4 cm³/mol. The summed E-state index contributed by atoms with van der Waals surface area (Å²) in [5.41, 5.74) is 0.872. The molecule has 2 aromatic rings. The third kappa shape index (κ3) is 3.35. The maximum absolute atomic E-state index is 12.6. The first-order valence-corrected chi connectivity index (χ1v) is 6.96. The molecule has 0 aliphatic rings. The molecule has 0 nitrogen and oxygen atoms in total. The van der Waals surface area contributed by atoms with Crippen LogP contribution in [0.4, 0.5) is 4.39 Å². The molecule has 0 bridgehead atoms. The van der Waals surface area contributed by atoms with E-state index in [-0.39, 0.29) is 27.0 Å². The summed E-state index contributed by atoms with van der Waals surface area (Å²) in [6.07, 6.45) is 0. The third-order valence-corrected chi connectivity index (χ3v) is 3.81. The molecule has 0 atom stereocenters. The zero-order chi connectivity index (χ0) is 11.2. The van der Waals surface area contributed by atoms with Gasteiger partial charge in [-0.25, -0.2) is 4.39 Å². The Bertz CT molecular complexity index is 506. The van der Waals surface area contributed by atoms with Crippen molar-refractivity contribution in [1.29, 1.82) is 0 Å². The molecule has 78 valence electrons. The maximum atomic E-state index is 12.6. The van der Waals surface area contributed by atoms with Crippen molar-refractivity contribution < 1.29 is 25.6 Å². The number of benzene rings is 2. The zero-order valence-electron chi connectivity index (χ0n) is 8.45. The fourth-order valence-electron chi connectivity index (χ4n) is 1.14. The fraction of sp³-hybridized carbons (Fsp3) is 0. The lowest BCUT2D eigenvalue weighted by molar-refractivity contribution is -0.535. The Labute approximate surface area is 105 Å². The Morgan fingerprint density at radius 3 is 2.25 bits per heavy atom. The standard InChI is InChI=1S/C14H9FI/c15-13-8-6-12(7-9-13)10-11-16-14-4-2-1-3-5-14/h1-9H/q+1. The lowest BCUT2D eigenvalue weighted by Gasteiger charge is -1.86. The fourth-order valence-corrected chi connectivity index (χ4v) is 2.68. The number of rotatable bonds is 1. The van der Waals surface area contributed by atoms with Crippen LogP contribution in [0.5, 0.6) is 0 Å². The molecular formula is C14H9FI+. The van der Waals surface area contributed by atoms with Crippen LogP contribution in [0, 0.1) is 19.2 Å². The van der Waals surface area contributed by atoms with Crippen LogP contribution in [-0.2, 0) is 0 Å². The van der Waals surface area contributed by atoms with Gasteiger partial charge in [0.15, 0.2) is 3.93 Å². The average Bonchev–Trinajstić information content (AvgIpc) is 2.33. The van der Waals surface area contributed by atoms with E-state index in [2.05, 4.69) is 22.0 Å². The minimum Gasteiger partial charge on any atom is -0.207 e. The maximum Gasteiger partial charge on any atom is 0.420 e. The second kappa shape index (κ2) is 5.66. The molecule has 0 aliphatic heterocycles. The lowest BCUT2D eigenvalue weighted by Crippen LogP contribution is -3.59. The summed E-state index contributed by atoms with van der Waals surface area (Å²) in [5.74, 6) is 2.83. The Morgan fingerprint density at radius 2 is 1.56 bits per heavy atom. The topological polar surface area (TPSA) is 0 Å². The largest absolute Gasteiger partial charge is 0.420 e. The molecule has 0 saturated heterocycles. The minimum absolute atomic E-state index is 0.219. The van der Waals surface area contributed by atoms with Crippen molar-refractivity contribution in [3.05, 3.63) is 69.5 Å². The summed E-state index contributed by atoms with van der Waals surface area (Å²) in [4.78, 5) is 0. The molecule has 2 rings (SSSR count). The molecule has 0 saturated carbocycles. The van der Waals surface area contributed by atoms with Crippen LogP contribution < -0.4 is 21.2 Å². The van der Waals surface area contributed by atoms with Crippen LogP contribution in [0.3, 0.4) is 0 Å². The molecule has 0 amide bonds. The van der Waals surface area contributed by atoms with E-state index in [4.69, 9.17) is 0 Å². The van der Waals surface area contributed by atoms with Gasteiger partial charge in [0.2, 0.25) is 3.57 Å². The third-order valence-electron chi connectivity index (χ3n) is 1.93. The number of hydrogen-bond acceptors (Lipinski definition) is 0. The SMILES string of the molecule is Fc1ccc(C#C[I+]c2ccccc2)cc1. The van der Waals surface area contributed by atoms with Crippen LogP contribution >= 0.6 is 0 Å². The van der Waals surface area contributed by atoms with Gasteiger partial charge >= 0.3 is 21.2 Å².